The second-order valence-electron chi connectivity index (χ2n) is 3.37. The van der Waals surface area contributed by atoms with Gasteiger partial charge in [-0.15, -0.1) is 0 Å². The van der Waals surface area contributed by atoms with E-state index in [1.165, 1.54) is 0 Å². The number of carbonyl (C=O) groups is 1. The van der Waals surface area contributed by atoms with Crippen molar-refractivity contribution in [3.8, 4) is 0 Å². The Labute approximate surface area is 95.8 Å². The van der Waals surface area contributed by atoms with Gasteiger partial charge in [-0.2, -0.15) is 0 Å². The Kier molecular flexibility index (Phi) is 4.63. The first-order valence-electron chi connectivity index (χ1n) is 5.19. The number of halogens is 1. The Balaban J connectivity index is 2.61. The van der Waals surface area contributed by atoms with Gasteiger partial charge in [-0.25, -0.2) is 0 Å². The number of amides is 1. The summed E-state index contributed by atoms with van der Waals surface area (Å²) in [5.41, 5.74) is 1.01. The highest BCUT2D eigenvalue weighted by Gasteiger charge is 2.09. The minimum absolute atomic E-state index is 0.169. The smallest absolute Gasteiger partial charge is 0.226 e. The van der Waals surface area contributed by atoms with E-state index in [0.29, 0.717) is 11.4 Å². The van der Waals surface area contributed by atoms with E-state index in [1.54, 1.807) is 0 Å². The second kappa shape index (κ2) is 5.76. The van der Waals surface area contributed by atoms with Gasteiger partial charge >= 0.3 is 0 Å². The molecule has 82 valence electrons. The van der Waals surface area contributed by atoms with Crippen molar-refractivity contribution in [3.05, 3.63) is 34.9 Å². The Morgan fingerprint density at radius 3 is 2.20 bits per heavy atom. The topological polar surface area (TPSA) is 20.3 Å². The van der Waals surface area contributed by atoms with E-state index in [0.717, 1.165) is 18.7 Å². The van der Waals surface area contributed by atoms with Crippen LogP contribution in [0.5, 0.6) is 0 Å². The zero-order valence-corrected chi connectivity index (χ0v) is 9.92. The first-order chi connectivity index (χ1) is 7.17. The van der Waals surface area contributed by atoms with Gasteiger partial charge in [0.05, 0.1) is 6.42 Å². The lowest BCUT2D eigenvalue weighted by atomic mass is 10.1. The van der Waals surface area contributed by atoms with Crippen LogP contribution in [-0.4, -0.2) is 23.9 Å². The Morgan fingerprint density at radius 2 is 1.73 bits per heavy atom. The maximum Gasteiger partial charge on any atom is 0.226 e. The molecule has 0 N–H and O–H groups in total. The van der Waals surface area contributed by atoms with Crippen molar-refractivity contribution < 1.29 is 4.79 Å². The maximum atomic E-state index is 11.8. The summed E-state index contributed by atoms with van der Waals surface area (Å²) in [5.74, 6) is 0.169. The quantitative estimate of drug-likeness (QED) is 0.772. The van der Waals surface area contributed by atoms with Crippen LogP contribution in [0.3, 0.4) is 0 Å². The van der Waals surface area contributed by atoms with Crippen molar-refractivity contribution in [2.45, 2.75) is 20.3 Å². The molecule has 0 unspecified atom stereocenters. The highest BCUT2D eigenvalue weighted by molar-refractivity contribution is 6.30. The highest BCUT2D eigenvalue weighted by atomic mass is 35.5. The maximum absolute atomic E-state index is 11.8. The standard InChI is InChI=1S/C12H16ClNO/c1-3-14(4-2)12(15)9-10-5-7-11(13)8-6-10/h5-8H,3-4,9H2,1-2H3. The molecule has 2 nitrogen and oxygen atoms in total. The molecular formula is C12H16ClNO. The molecule has 1 rings (SSSR count). The first kappa shape index (κ1) is 12.1. The van der Waals surface area contributed by atoms with Crippen LogP contribution >= 0.6 is 11.6 Å². The van der Waals surface area contributed by atoms with E-state index in [4.69, 9.17) is 11.6 Å². The molecule has 0 aliphatic rings. The fourth-order valence-electron chi connectivity index (χ4n) is 1.46. The third kappa shape index (κ3) is 3.56. The van der Waals surface area contributed by atoms with Gasteiger partial charge in [0.15, 0.2) is 0 Å². The number of carbonyl (C=O) groups excluding carboxylic acids is 1. The molecule has 0 aromatic heterocycles. The van der Waals surface area contributed by atoms with Crippen LogP contribution in [-0.2, 0) is 11.2 Å². The Morgan fingerprint density at radius 1 is 1.20 bits per heavy atom. The molecule has 0 bridgehead atoms. The van der Waals surface area contributed by atoms with Crippen LogP contribution < -0.4 is 0 Å². The number of benzene rings is 1. The van der Waals surface area contributed by atoms with Gasteiger partial charge in [0.2, 0.25) is 5.91 Å². The molecule has 0 saturated heterocycles. The van der Waals surface area contributed by atoms with Crippen LogP contribution in [0.15, 0.2) is 24.3 Å². The Bertz CT molecular complexity index is 317. The molecule has 0 atom stereocenters. The van der Waals surface area contributed by atoms with Crippen LogP contribution in [0.25, 0.3) is 0 Å². The summed E-state index contributed by atoms with van der Waals surface area (Å²) in [6.07, 6.45) is 0.457. The van der Waals surface area contributed by atoms with Gasteiger partial charge in [0.1, 0.15) is 0 Å². The third-order valence-electron chi connectivity index (χ3n) is 2.38. The summed E-state index contributed by atoms with van der Waals surface area (Å²) in [7, 11) is 0. The highest BCUT2D eigenvalue weighted by Crippen LogP contribution is 2.10. The zero-order chi connectivity index (χ0) is 11.3. The molecule has 0 aliphatic carbocycles. The molecule has 0 heterocycles. The number of nitrogens with zero attached hydrogens (tertiary/aromatic N) is 1. The molecule has 1 amide bonds. The molecule has 1 aromatic rings. The van der Waals surface area contributed by atoms with Crippen LogP contribution in [0.2, 0.25) is 5.02 Å². The molecule has 0 radical (unpaired) electrons. The van der Waals surface area contributed by atoms with Crippen molar-refractivity contribution >= 4 is 17.5 Å². The van der Waals surface area contributed by atoms with Gasteiger partial charge in [-0.05, 0) is 31.5 Å². The van der Waals surface area contributed by atoms with Crippen molar-refractivity contribution in [3.63, 3.8) is 0 Å². The summed E-state index contributed by atoms with van der Waals surface area (Å²) in [5, 5.41) is 0.703. The molecule has 0 saturated carbocycles. The van der Waals surface area contributed by atoms with Crippen molar-refractivity contribution in [2.75, 3.05) is 13.1 Å². The van der Waals surface area contributed by atoms with Gasteiger partial charge < -0.3 is 4.90 Å². The minimum Gasteiger partial charge on any atom is -0.343 e. The van der Waals surface area contributed by atoms with Crippen molar-refractivity contribution in [1.82, 2.24) is 4.90 Å². The number of likely N-dealkylation sites (N-methyl/N-ethyl adjacent to an activating group) is 1. The third-order valence-corrected chi connectivity index (χ3v) is 2.64. The summed E-state index contributed by atoms with van der Waals surface area (Å²) in [6.45, 7) is 5.51. The minimum atomic E-state index is 0.169. The van der Waals surface area contributed by atoms with Crippen LogP contribution in [0, 0.1) is 0 Å². The molecule has 0 spiro atoms. The van der Waals surface area contributed by atoms with Gasteiger partial charge in [-0.3, -0.25) is 4.79 Å². The SMILES string of the molecule is CCN(CC)C(=O)Cc1ccc(Cl)cc1. The van der Waals surface area contributed by atoms with Gasteiger partial charge in [-0.1, -0.05) is 23.7 Å². The van der Waals surface area contributed by atoms with Crippen LogP contribution in [0.1, 0.15) is 19.4 Å². The zero-order valence-electron chi connectivity index (χ0n) is 9.16. The number of rotatable bonds is 4. The largest absolute Gasteiger partial charge is 0.343 e. The molecule has 3 heteroatoms. The van der Waals surface area contributed by atoms with E-state index in [2.05, 4.69) is 0 Å². The molecular weight excluding hydrogens is 210 g/mol. The van der Waals surface area contributed by atoms with E-state index in [9.17, 15) is 4.79 Å². The van der Waals surface area contributed by atoms with E-state index in [1.807, 2.05) is 43.0 Å². The monoisotopic (exact) mass is 225 g/mol. The Hall–Kier alpha value is -1.02. The predicted molar refractivity (Wildman–Crippen MR) is 63.1 cm³/mol. The summed E-state index contributed by atoms with van der Waals surface area (Å²) < 4.78 is 0. The lowest BCUT2D eigenvalue weighted by molar-refractivity contribution is -0.130. The predicted octanol–water partition coefficient (Wildman–Crippen LogP) is 2.75. The first-order valence-corrected chi connectivity index (χ1v) is 5.57. The van der Waals surface area contributed by atoms with Gasteiger partial charge in [0.25, 0.3) is 0 Å². The lowest BCUT2D eigenvalue weighted by Crippen LogP contribution is -2.31. The molecule has 0 aliphatic heterocycles. The fraction of sp³-hybridized carbons (Fsp3) is 0.417. The van der Waals surface area contributed by atoms with Crippen LogP contribution in [0.4, 0.5) is 0 Å². The van der Waals surface area contributed by atoms with E-state index < -0.39 is 0 Å². The second-order valence-corrected chi connectivity index (χ2v) is 3.81. The summed E-state index contributed by atoms with van der Waals surface area (Å²) in [4.78, 5) is 13.6. The average Bonchev–Trinajstić information content (AvgIpc) is 2.23. The fourth-order valence-corrected chi connectivity index (χ4v) is 1.59. The molecule has 1 aromatic carbocycles. The summed E-state index contributed by atoms with van der Waals surface area (Å²) >= 11 is 5.77. The number of hydrogen-bond acceptors (Lipinski definition) is 1. The normalized spacial score (nSPS) is 10.1. The summed E-state index contributed by atoms with van der Waals surface area (Å²) in [6, 6.07) is 7.41. The van der Waals surface area contributed by atoms with Crippen molar-refractivity contribution in [1.29, 1.82) is 0 Å². The lowest BCUT2D eigenvalue weighted by Gasteiger charge is -2.18. The van der Waals surface area contributed by atoms with Gasteiger partial charge in [0, 0.05) is 18.1 Å². The molecule has 15 heavy (non-hydrogen) atoms. The average molecular weight is 226 g/mol. The molecule has 0 fully saturated rings. The van der Waals surface area contributed by atoms with E-state index in [-0.39, 0.29) is 5.91 Å². The van der Waals surface area contributed by atoms with Crippen molar-refractivity contribution in [2.24, 2.45) is 0 Å². The number of hydrogen-bond donors (Lipinski definition) is 0. The van der Waals surface area contributed by atoms with E-state index >= 15 is 0 Å².